The Balaban J connectivity index is -0.000000840. The van der Waals surface area contributed by atoms with E-state index in [1.54, 1.807) is 12.1 Å². The standard InChI is InChI=1S/C35H56O9Si2.C12H30OSi2.4CH4/c1-11-12-23-45(7,8)44-46(9,10)24-13-18-39-20-22-41-34(37)43-32-17-15-30(26-28(32)3)35(4,5)29-14-16-31(27(2)25-29)42-33(36)40-21-19-38-6;1-7-9-11-14(3,4)13-15(5,6)12-10-8-2;;;;/h14-17,25-26H,11-13,18-24H2,1-10H3;7-12H2,1-6H3;4*1H4. The zero-order valence-corrected chi connectivity index (χ0v) is 45.4. The largest absolute Gasteiger partial charge is 0.513 e. The van der Waals surface area contributed by atoms with Crippen molar-refractivity contribution in [2.75, 3.05) is 40.1 Å². The minimum atomic E-state index is -1.72. The summed E-state index contributed by atoms with van der Waals surface area (Å²) >= 11 is 0. The lowest BCUT2D eigenvalue weighted by molar-refractivity contribution is 0.0520. The third-order valence-corrected chi connectivity index (χ3v) is 25.8. The molecule has 0 radical (unpaired) electrons. The topological polar surface area (TPSA) is 108 Å². The lowest BCUT2D eigenvalue weighted by atomic mass is 9.77. The number of rotatable bonds is 27. The van der Waals surface area contributed by atoms with Gasteiger partial charge in [-0.1, -0.05) is 127 Å². The number of methoxy groups -OCH3 is 1. The minimum absolute atomic E-state index is 0. The summed E-state index contributed by atoms with van der Waals surface area (Å²) in [6, 6.07) is 16.4. The van der Waals surface area contributed by atoms with Crippen LogP contribution in [-0.2, 0) is 32.6 Å². The van der Waals surface area contributed by atoms with Gasteiger partial charge in [0.2, 0.25) is 0 Å². The fourth-order valence-corrected chi connectivity index (χ4v) is 25.5. The van der Waals surface area contributed by atoms with Gasteiger partial charge in [-0.25, -0.2) is 9.59 Å². The second-order valence-electron chi connectivity index (χ2n) is 19.2. The van der Waals surface area contributed by atoms with Crippen molar-refractivity contribution in [3.05, 3.63) is 58.7 Å². The molecule has 14 heteroatoms. The van der Waals surface area contributed by atoms with Crippen molar-refractivity contribution in [3.8, 4) is 11.5 Å². The van der Waals surface area contributed by atoms with Gasteiger partial charge in [-0.15, -0.1) is 0 Å². The molecule has 0 atom stereocenters. The van der Waals surface area contributed by atoms with Crippen LogP contribution in [0.3, 0.4) is 0 Å². The first-order chi connectivity index (χ1) is 28.4. The van der Waals surface area contributed by atoms with Crippen LogP contribution >= 0.6 is 0 Å². The molecule has 2 aromatic rings. The van der Waals surface area contributed by atoms with Crippen molar-refractivity contribution < 1.29 is 46.2 Å². The van der Waals surface area contributed by atoms with Gasteiger partial charge in [-0.3, -0.25) is 0 Å². The Labute approximate surface area is 405 Å². The van der Waals surface area contributed by atoms with Crippen LogP contribution in [0.4, 0.5) is 9.59 Å². The first kappa shape index (κ1) is 69.3. The van der Waals surface area contributed by atoms with Crippen LogP contribution in [0.2, 0.25) is 76.6 Å². The van der Waals surface area contributed by atoms with Crippen molar-refractivity contribution >= 4 is 45.6 Å². The Bertz CT molecular complexity index is 1560. The minimum Gasteiger partial charge on any atom is -0.455 e. The van der Waals surface area contributed by atoms with Gasteiger partial charge < -0.3 is 36.7 Å². The second-order valence-corrected chi connectivity index (χ2v) is 37.0. The molecule has 0 aliphatic rings. The predicted octanol–water partition coefficient (Wildman–Crippen LogP) is 16.5. The molecule has 0 heterocycles. The van der Waals surface area contributed by atoms with E-state index < -0.39 is 45.6 Å². The lowest BCUT2D eigenvalue weighted by Gasteiger charge is -2.34. The van der Waals surface area contributed by atoms with Gasteiger partial charge in [0.05, 0.1) is 13.2 Å². The summed E-state index contributed by atoms with van der Waals surface area (Å²) in [5, 5.41) is 0. The van der Waals surface area contributed by atoms with E-state index in [0.29, 0.717) is 31.3 Å². The van der Waals surface area contributed by atoms with Crippen molar-refractivity contribution in [2.24, 2.45) is 0 Å². The maximum Gasteiger partial charge on any atom is 0.513 e. The van der Waals surface area contributed by atoms with Crippen LogP contribution in [-0.4, -0.2) is 85.7 Å². The molecule has 65 heavy (non-hydrogen) atoms. The maximum absolute atomic E-state index is 12.4. The number of carbonyl (C=O) groups excluding carboxylic acids is 2. The fourth-order valence-electron chi connectivity index (χ4n) is 7.31. The molecule has 0 saturated heterocycles. The maximum atomic E-state index is 12.4. The number of unbranched alkanes of at least 4 members (excludes halogenated alkanes) is 3. The highest BCUT2D eigenvalue weighted by Crippen LogP contribution is 2.36. The van der Waals surface area contributed by atoms with Gasteiger partial charge in [-0.2, -0.15) is 0 Å². The molecule has 0 unspecified atom stereocenters. The number of carbonyl (C=O) groups is 2. The van der Waals surface area contributed by atoms with E-state index >= 15 is 0 Å². The Morgan fingerprint density at radius 1 is 0.508 bits per heavy atom. The Morgan fingerprint density at radius 2 is 0.846 bits per heavy atom. The first-order valence-corrected chi connectivity index (χ1v) is 35.3. The van der Waals surface area contributed by atoms with Gasteiger partial charge in [-0.05, 0) is 131 Å². The zero-order valence-electron chi connectivity index (χ0n) is 41.4. The third kappa shape index (κ3) is 29.2. The molecule has 0 N–H and O–H groups in total. The number of hydrogen-bond acceptors (Lipinski definition) is 10. The van der Waals surface area contributed by atoms with E-state index in [1.807, 2.05) is 38.1 Å². The highest BCUT2D eigenvalue weighted by Gasteiger charge is 2.33. The average molecular weight is 988 g/mol. The summed E-state index contributed by atoms with van der Waals surface area (Å²) in [6.45, 7) is 35.1. The second kappa shape index (κ2) is 34.0. The Hall–Kier alpha value is -2.31. The summed E-state index contributed by atoms with van der Waals surface area (Å²) in [7, 11) is -4.49. The van der Waals surface area contributed by atoms with Crippen molar-refractivity contribution in [2.45, 2.75) is 205 Å². The number of hydrogen-bond donors (Lipinski definition) is 0. The van der Waals surface area contributed by atoms with Gasteiger partial charge >= 0.3 is 12.3 Å². The summed E-state index contributed by atoms with van der Waals surface area (Å²) < 4.78 is 44.8. The molecule has 0 aromatic heterocycles. The van der Waals surface area contributed by atoms with Crippen molar-refractivity contribution in [1.82, 2.24) is 0 Å². The van der Waals surface area contributed by atoms with Crippen molar-refractivity contribution in [1.29, 1.82) is 0 Å². The molecule has 0 aliphatic carbocycles. The van der Waals surface area contributed by atoms with Crippen LogP contribution in [0.5, 0.6) is 11.5 Å². The Kier molecular flexibility index (Phi) is 36.3. The van der Waals surface area contributed by atoms with E-state index in [9.17, 15) is 9.59 Å². The van der Waals surface area contributed by atoms with Crippen LogP contribution in [0, 0.1) is 13.8 Å². The monoisotopic (exact) mass is 987 g/mol. The van der Waals surface area contributed by atoms with Crippen LogP contribution in [0.15, 0.2) is 36.4 Å². The van der Waals surface area contributed by atoms with Gasteiger partial charge in [0, 0.05) is 19.1 Å². The van der Waals surface area contributed by atoms with Gasteiger partial charge in [0.15, 0.2) is 33.3 Å². The molecule has 10 nitrogen and oxygen atoms in total. The van der Waals surface area contributed by atoms with E-state index in [-0.39, 0.29) is 48.3 Å². The molecule has 2 aromatic carbocycles. The summed E-state index contributed by atoms with van der Waals surface area (Å²) in [4.78, 5) is 24.3. The first-order valence-electron chi connectivity index (χ1n) is 22.8. The number of ether oxygens (including phenoxy) is 6. The number of benzene rings is 2. The Morgan fingerprint density at radius 3 is 1.17 bits per heavy atom. The van der Waals surface area contributed by atoms with E-state index in [4.69, 9.17) is 36.7 Å². The molecule has 382 valence electrons. The molecule has 0 amide bonds. The number of aryl methyl sites for hydroxylation is 2. The highest BCUT2D eigenvalue weighted by atomic mass is 28.4. The molecule has 0 spiro atoms. The third-order valence-electron chi connectivity index (χ3n) is 10.7. The molecule has 0 saturated carbocycles. The molecule has 0 bridgehead atoms. The van der Waals surface area contributed by atoms with Crippen molar-refractivity contribution in [3.63, 3.8) is 0 Å². The van der Waals surface area contributed by atoms with E-state index in [2.05, 4.69) is 87.0 Å². The van der Waals surface area contributed by atoms with E-state index in [0.717, 1.165) is 34.7 Å². The zero-order chi connectivity index (χ0) is 46.3. The van der Waals surface area contributed by atoms with Crippen LogP contribution in [0.1, 0.15) is 132 Å². The molecule has 2 rings (SSSR count). The highest BCUT2D eigenvalue weighted by molar-refractivity contribution is 6.85. The van der Waals surface area contributed by atoms with Crippen LogP contribution in [0.25, 0.3) is 0 Å². The lowest BCUT2D eigenvalue weighted by Crippen LogP contribution is -2.44. The predicted molar refractivity (Wildman–Crippen MR) is 289 cm³/mol. The molecular formula is C51H102O10Si4. The van der Waals surface area contributed by atoms with Gasteiger partial charge in [0.1, 0.15) is 24.7 Å². The van der Waals surface area contributed by atoms with E-state index in [1.165, 1.54) is 63.8 Å². The summed E-state index contributed by atoms with van der Waals surface area (Å²) in [5.74, 6) is 0.875. The molecule has 0 aliphatic heterocycles. The molecular weight excluding hydrogens is 885 g/mol. The summed E-state index contributed by atoms with van der Waals surface area (Å²) in [6.07, 6.45) is 7.15. The van der Waals surface area contributed by atoms with Gasteiger partial charge in [0.25, 0.3) is 0 Å². The normalized spacial score (nSPS) is 11.6. The summed E-state index contributed by atoms with van der Waals surface area (Å²) in [5.41, 5.74) is 3.31. The fraction of sp³-hybridized carbons (Fsp3) is 0.725. The molecule has 0 fully saturated rings. The smallest absolute Gasteiger partial charge is 0.455 e. The quantitative estimate of drug-likeness (QED) is 0.0372. The van der Waals surface area contributed by atoms with Crippen LogP contribution < -0.4 is 9.47 Å². The average Bonchev–Trinajstić information content (AvgIpc) is 3.16. The SMILES string of the molecule is C.C.C.C.CCCC[Si](C)(C)O[Si](C)(C)CCCC.CCCC[Si](C)(C)O[Si](C)(C)CCCOCCOC(=O)Oc1ccc(C(C)(C)c2ccc(OC(=O)OCCOC)c(C)c2)cc1C.